The number of carbonyl (C=O) groups is 1. The van der Waals surface area contributed by atoms with E-state index in [1.807, 2.05) is 12.1 Å². The molecule has 1 fully saturated rings. The summed E-state index contributed by atoms with van der Waals surface area (Å²) in [5.74, 6) is 0.317. The highest BCUT2D eigenvalue weighted by molar-refractivity contribution is 6.04. The summed E-state index contributed by atoms with van der Waals surface area (Å²) in [4.78, 5) is 21.5. The van der Waals surface area contributed by atoms with Gasteiger partial charge in [-0.1, -0.05) is 12.1 Å². The number of piperazine rings is 1. The molecule has 0 radical (unpaired) electrons. The Balaban J connectivity index is 1.41. The fraction of sp³-hybridized carbons (Fsp3) is 0.286. The van der Waals surface area contributed by atoms with E-state index in [9.17, 15) is 9.18 Å². The van der Waals surface area contributed by atoms with Crippen LogP contribution in [0.2, 0.25) is 0 Å². The number of hydrogen-bond donors (Lipinski definition) is 1. The van der Waals surface area contributed by atoms with Gasteiger partial charge in [0.15, 0.2) is 0 Å². The van der Waals surface area contributed by atoms with E-state index in [2.05, 4.69) is 32.2 Å². The molecule has 1 aromatic carbocycles. The highest BCUT2D eigenvalue weighted by Crippen LogP contribution is 2.16. The Bertz CT molecular complexity index is 996. The number of hydrogen-bond acceptors (Lipinski definition) is 5. The summed E-state index contributed by atoms with van der Waals surface area (Å²) in [5, 5.41) is 7.10. The van der Waals surface area contributed by atoms with Crippen LogP contribution < -0.4 is 10.2 Å². The molecule has 3 aromatic rings. The molecule has 2 aromatic heterocycles. The van der Waals surface area contributed by atoms with Gasteiger partial charge in [0.05, 0.1) is 18.4 Å². The highest BCUT2D eigenvalue weighted by atomic mass is 19.1. The average molecular weight is 394 g/mol. The summed E-state index contributed by atoms with van der Waals surface area (Å²) in [6.45, 7) is 4.16. The van der Waals surface area contributed by atoms with Gasteiger partial charge in [-0.3, -0.25) is 9.48 Å². The SMILES string of the molecule is CN1CCN(c2cc(C(=O)Nc3cnn(Cc4cccc(F)c4)c3)ccn2)CC1. The van der Waals surface area contributed by atoms with Crippen LogP contribution >= 0.6 is 0 Å². The van der Waals surface area contributed by atoms with Crippen LogP contribution in [0.1, 0.15) is 15.9 Å². The molecular weight excluding hydrogens is 371 g/mol. The Morgan fingerprint density at radius 1 is 1.17 bits per heavy atom. The molecule has 1 aliphatic rings. The summed E-state index contributed by atoms with van der Waals surface area (Å²) in [6.07, 6.45) is 4.97. The molecule has 0 unspecified atom stereocenters. The van der Waals surface area contributed by atoms with E-state index in [4.69, 9.17) is 0 Å². The number of aromatic nitrogens is 3. The number of benzene rings is 1. The van der Waals surface area contributed by atoms with Gasteiger partial charge in [0.25, 0.3) is 5.91 Å². The van der Waals surface area contributed by atoms with E-state index in [1.165, 1.54) is 12.1 Å². The molecule has 1 aliphatic heterocycles. The summed E-state index contributed by atoms with van der Waals surface area (Å²) in [7, 11) is 2.10. The second-order valence-corrected chi connectivity index (χ2v) is 7.20. The van der Waals surface area contributed by atoms with Crippen molar-refractivity contribution in [2.24, 2.45) is 0 Å². The quantitative estimate of drug-likeness (QED) is 0.720. The van der Waals surface area contributed by atoms with Crippen LogP contribution in [-0.4, -0.2) is 58.8 Å². The Labute approximate surface area is 168 Å². The zero-order chi connectivity index (χ0) is 20.2. The van der Waals surface area contributed by atoms with Crippen molar-refractivity contribution in [3.8, 4) is 0 Å². The second-order valence-electron chi connectivity index (χ2n) is 7.20. The third-order valence-corrected chi connectivity index (χ3v) is 4.96. The van der Waals surface area contributed by atoms with E-state index in [1.54, 1.807) is 35.4 Å². The first kappa shape index (κ1) is 19.1. The first-order valence-electron chi connectivity index (χ1n) is 9.54. The minimum Gasteiger partial charge on any atom is -0.354 e. The number of amides is 1. The molecular formula is C21H23FN6O. The lowest BCUT2D eigenvalue weighted by Gasteiger charge is -2.33. The lowest BCUT2D eigenvalue weighted by atomic mass is 10.2. The molecule has 0 aliphatic carbocycles. The average Bonchev–Trinajstić information content (AvgIpc) is 3.15. The maximum Gasteiger partial charge on any atom is 0.255 e. The van der Waals surface area contributed by atoms with E-state index in [0.717, 1.165) is 37.6 Å². The minimum absolute atomic E-state index is 0.215. The summed E-state index contributed by atoms with van der Waals surface area (Å²) in [5.41, 5.74) is 1.94. The van der Waals surface area contributed by atoms with Gasteiger partial charge < -0.3 is 15.1 Å². The molecule has 0 bridgehead atoms. The van der Waals surface area contributed by atoms with Crippen LogP contribution in [0.3, 0.4) is 0 Å². The highest BCUT2D eigenvalue weighted by Gasteiger charge is 2.17. The van der Waals surface area contributed by atoms with Crippen LogP contribution in [0.5, 0.6) is 0 Å². The predicted molar refractivity (Wildman–Crippen MR) is 110 cm³/mol. The predicted octanol–water partition coefficient (Wildman–Crippen LogP) is 2.47. The number of anilines is 2. The number of nitrogens with one attached hydrogen (secondary N) is 1. The van der Waals surface area contributed by atoms with Crippen molar-refractivity contribution in [1.82, 2.24) is 19.7 Å². The van der Waals surface area contributed by atoms with Crippen molar-refractivity contribution < 1.29 is 9.18 Å². The third kappa shape index (κ3) is 4.78. The van der Waals surface area contributed by atoms with Crippen molar-refractivity contribution in [1.29, 1.82) is 0 Å². The van der Waals surface area contributed by atoms with Crippen molar-refractivity contribution in [2.75, 3.05) is 43.4 Å². The molecule has 0 saturated carbocycles. The van der Waals surface area contributed by atoms with Gasteiger partial charge in [-0.05, 0) is 36.9 Å². The molecule has 4 rings (SSSR count). The van der Waals surface area contributed by atoms with Gasteiger partial charge in [-0.2, -0.15) is 5.10 Å². The summed E-state index contributed by atoms with van der Waals surface area (Å²) < 4.78 is 15.0. The lowest BCUT2D eigenvalue weighted by Crippen LogP contribution is -2.44. The van der Waals surface area contributed by atoms with Gasteiger partial charge in [0.1, 0.15) is 11.6 Å². The standard InChI is InChI=1S/C21H23FN6O/c1-26-7-9-27(10-8-26)20-12-17(5-6-23-20)21(29)25-19-13-24-28(15-19)14-16-3-2-4-18(22)11-16/h2-6,11-13,15H,7-10,14H2,1H3,(H,25,29). The normalized spacial score (nSPS) is 14.8. The number of carbonyl (C=O) groups excluding carboxylic acids is 1. The molecule has 29 heavy (non-hydrogen) atoms. The van der Waals surface area contributed by atoms with Crippen molar-refractivity contribution in [3.05, 3.63) is 71.9 Å². The Hall–Kier alpha value is -3.26. The zero-order valence-electron chi connectivity index (χ0n) is 16.3. The van der Waals surface area contributed by atoms with E-state index < -0.39 is 0 Å². The van der Waals surface area contributed by atoms with Gasteiger partial charge in [-0.15, -0.1) is 0 Å². The third-order valence-electron chi connectivity index (χ3n) is 4.96. The van der Waals surface area contributed by atoms with Crippen molar-refractivity contribution in [3.63, 3.8) is 0 Å². The summed E-state index contributed by atoms with van der Waals surface area (Å²) >= 11 is 0. The molecule has 1 amide bonds. The van der Waals surface area contributed by atoms with E-state index >= 15 is 0 Å². The van der Waals surface area contributed by atoms with Gasteiger partial charge in [0, 0.05) is 44.1 Å². The maximum absolute atomic E-state index is 13.3. The second kappa shape index (κ2) is 8.40. The Morgan fingerprint density at radius 3 is 2.79 bits per heavy atom. The monoisotopic (exact) mass is 394 g/mol. The van der Waals surface area contributed by atoms with Crippen molar-refractivity contribution in [2.45, 2.75) is 6.54 Å². The zero-order valence-corrected chi connectivity index (χ0v) is 16.3. The summed E-state index contributed by atoms with van der Waals surface area (Å²) in [6, 6.07) is 9.89. The minimum atomic E-state index is -0.281. The van der Waals surface area contributed by atoms with Crippen LogP contribution in [0.15, 0.2) is 55.0 Å². The molecule has 7 nitrogen and oxygen atoms in total. The smallest absolute Gasteiger partial charge is 0.255 e. The fourth-order valence-corrected chi connectivity index (χ4v) is 3.31. The molecule has 0 atom stereocenters. The Kier molecular flexibility index (Phi) is 5.53. The maximum atomic E-state index is 13.3. The molecule has 150 valence electrons. The van der Waals surface area contributed by atoms with E-state index in [0.29, 0.717) is 17.8 Å². The first-order chi connectivity index (χ1) is 14.1. The lowest BCUT2D eigenvalue weighted by molar-refractivity contribution is 0.102. The molecule has 0 spiro atoms. The largest absolute Gasteiger partial charge is 0.354 e. The first-order valence-corrected chi connectivity index (χ1v) is 9.54. The van der Waals surface area contributed by atoms with Crippen LogP contribution in [0, 0.1) is 5.82 Å². The Morgan fingerprint density at radius 2 is 2.00 bits per heavy atom. The van der Waals surface area contributed by atoms with Gasteiger partial charge in [0.2, 0.25) is 0 Å². The number of halogens is 1. The fourth-order valence-electron chi connectivity index (χ4n) is 3.31. The number of pyridine rings is 1. The number of nitrogens with zero attached hydrogens (tertiary/aromatic N) is 5. The molecule has 3 heterocycles. The molecule has 1 N–H and O–H groups in total. The molecule has 8 heteroatoms. The number of rotatable bonds is 5. The van der Waals surface area contributed by atoms with Crippen LogP contribution in [0.25, 0.3) is 0 Å². The van der Waals surface area contributed by atoms with Gasteiger partial charge in [-0.25, -0.2) is 9.37 Å². The number of likely N-dealkylation sites (N-methyl/N-ethyl adjacent to an activating group) is 1. The van der Waals surface area contributed by atoms with Crippen LogP contribution in [-0.2, 0) is 6.54 Å². The van der Waals surface area contributed by atoms with Crippen molar-refractivity contribution >= 4 is 17.4 Å². The van der Waals surface area contributed by atoms with E-state index in [-0.39, 0.29) is 11.7 Å². The van der Waals surface area contributed by atoms with Crippen LogP contribution in [0.4, 0.5) is 15.9 Å². The molecule has 1 saturated heterocycles. The topological polar surface area (TPSA) is 66.3 Å². The van der Waals surface area contributed by atoms with Gasteiger partial charge >= 0.3 is 0 Å².